The zero-order chi connectivity index (χ0) is 14.4. The Kier molecular flexibility index (Phi) is 5.80. The molecule has 1 atom stereocenters. The fraction of sp³-hybridized carbons (Fsp3) is 0.688. The van der Waals surface area contributed by atoms with Gasteiger partial charge >= 0.3 is 0 Å². The molecule has 20 heavy (non-hydrogen) atoms. The molecule has 0 spiro atoms. The highest BCUT2D eigenvalue weighted by atomic mass is 16.3. The minimum Gasteiger partial charge on any atom is -0.395 e. The number of hydrogen-bond acceptors (Lipinski definition) is 4. The first-order chi connectivity index (χ1) is 9.76. The molecule has 1 heterocycles. The maximum absolute atomic E-state index is 9.34. The molecule has 112 valence electrons. The molecular weight excluding hydrogens is 250 g/mol. The van der Waals surface area contributed by atoms with E-state index in [1.807, 2.05) is 13.2 Å². The molecule has 1 aromatic heterocycles. The SMILES string of the molecule is CNC(C)c1ccc(N(CCO)C2CCCCC2)cn1. The molecule has 1 aliphatic rings. The Hall–Kier alpha value is -1.13. The van der Waals surface area contributed by atoms with Crippen molar-refractivity contribution >= 4 is 5.69 Å². The third-order valence-corrected chi connectivity index (χ3v) is 4.34. The van der Waals surface area contributed by atoms with E-state index in [1.54, 1.807) is 0 Å². The first-order valence-electron chi connectivity index (χ1n) is 7.77. The van der Waals surface area contributed by atoms with Gasteiger partial charge in [-0.15, -0.1) is 0 Å². The molecule has 0 aliphatic heterocycles. The summed E-state index contributed by atoms with van der Waals surface area (Å²) in [4.78, 5) is 6.89. The number of anilines is 1. The number of hydrogen-bond donors (Lipinski definition) is 2. The van der Waals surface area contributed by atoms with Gasteiger partial charge in [-0.2, -0.15) is 0 Å². The molecule has 1 saturated carbocycles. The lowest BCUT2D eigenvalue weighted by atomic mass is 9.94. The van der Waals surface area contributed by atoms with Crippen LogP contribution in [0.3, 0.4) is 0 Å². The van der Waals surface area contributed by atoms with E-state index < -0.39 is 0 Å². The van der Waals surface area contributed by atoms with Crippen LogP contribution in [0, 0.1) is 0 Å². The Balaban J connectivity index is 2.11. The summed E-state index contributed by atoms with van der Waals surface area (Å²) in [6.45, 7) is 3.01. The Morgan fingerprint density at radius 2 is 2.10 bits per heavy atom. The maximum atomic E-state index is 9.34. The average molecular weight is 277 g/mol. The van der Waals surface area contributed by atoms with Crippen molar-refractivity contribution in [3.8, 4) is 0 Å². The number of aliphatic hydroxyl groups excluding tert-OH is 1. The number of aliphatic hydroxyl groups is 1. The van der Waals surface area contributed by atoms with Crippen LogP contribution in [0.5, 0.6) is 0 Å². The van der Waals surface area contributed by atoms with Crippen molar-refractivity contribution in [2.24, 2.45) is 0 Å². The van der Waals surface area contributed by atoms with Crippen molar-refractivity contribution in [2.75, 3.05) is 25.1 Å². The molecule has 4 nitrogen and oxygen atoms in total. The van der Waals surface area contributed by atoms with Crippen molar-refractivity contribution < 1.29 is 5.11 Å². The monoisotopic (exact) mass is 277 g/mol. The van der Waals surface area contributed by atoms with Gasteiger partial charge in [0.15, 0.2) is 0 Å². The first kappa shape index (κ1) is 15.3. The third kappa shape index (κ3) is 3.70. The summed E-state index contributed by atoms with van der Waals surface area (Å²) in [6.07, 6.45) is 8.36. The molecule has 0 aromatic carbocycles. The molecule has 1 aliphatic carbocycles. The van der Waals surface area contributed by atoms with Crippen LogP contribution in [-0.2, 0) is 0 Å². The average Bonchev–Trinajstić information content (AvgIpc) is 2.53. The second-order valence-corrected chi connectivity index (χ2v) is 5.66. The molecular formula is C16H27N3O. The van der Waals surface area contributed by atoms with Gasteiger partial charge in [0.1, 0.15) is 0 Å². The Bertz CT molecular complexity index is 387. The highest BCUT2D eigenvalue weighted by Crippen LogP contribution is 2.27. The Morgan fingerprint density at radius 1 is 1.35 bits per heavy atom. The lowest BCUT2D eigenvalue weighted by molar-refractivity contribution is 0.290. The summed E-state index contributed by atoms with van der Waals surface area (Å²) in [5.74, 6) is 0. The second-order valence-electron chi connectivity index (χ2n) is 5.66. The molecule has 1 fully saturated rings. The summed E-state index contributed by atoms with van der Waals surface area (Å²) in [7, 11) is 1.94. The van der Waals surface area contributed by atoms with E-state index in [1.165, 1.54) is 32.1 Å². The van der Waals surface area contributed by atoms with E-state index in [9.17, 15) is 5.11 Å². The van der Waals surface area contributed by atoms with Crippen molar-refractivity contribution in [3.05, 3.63) is 24.0 Å². The van der Waals surface area contributed by atoms with Gasteiger partial charge < -0.3 is 15.3 Å². The fourth-order valence-corrected chi connectivity index (χ4v) is 2.99. The van der Waals surface area contributed by atoms with E-state index in [-0.39, 0.29) is 12.6 Å². The summed E-state index contributed by atoms with van der Waals surface area (Å²) >= 11 is 0. The minimum atomic E-state index is 0.200. The van der Waals surface area contributed by atoms with Crippen LogP contribution in [0.2, 0.25) is 0 Å². The third-order valence-electron chi connectivity index (χ3n) is 4.34. The maximum Gasteiger partial charge on any atom is 0.0606 e. The molecule has 1 unspecified atom stereocenters. The summed E-state index contributed by atoms with van der Waals surface area (Å²) < 4.78 is 0. The van der Waals surface area contributed by atoms with Crippen LogP contribution < -0.4 is 10.2 Å². The molecule has 0 amide bonds. The van der Waals surface area contributed by atoms with Crippen molar-refractivity contribution in [1.82, 2.24) is 10.3 Å². The van der Waals surface area contributed by atoms with Crippen molar-refractivity contribution in [1.29, 1.82) is 0 Å². The van der Waals surface area contributed by atoms with E-state index in [0.717, 1.165) is 11.4 Å². The zero-order valence-corrected chi connectivity index (χ0v) is 12.7. The summed E-state index contributed by atoms with van der Waals surface area (Å²) in [5.41, 5.74) is 2.20. The second kappa shape index (κ2) is 7.60. The number of nitrogens with zero attached hydrogens (tertiary/aromatic N) is 2. The van der Waals surface area contributed by atoms with Gasteiger partial charge in [0.25, 0.3) is 0 Å². The van der Waals surface area contributed by atoms with Crippen LogP contribution in [-0.4, -0.2) is 36.3 Å². The molecule has 2 rings (SSSR count). The van der Waals surface area contributed by atoms with E-state index in [4.69, 9.17) is 0 Å². The van der Waals surface area contributed by atoms with Gasteiger partial charge in [0.2, 0.25) is 0 Å². The highest BCUT2D eigenvalue weighted by Gasteiger charge is 2.21. The summed E-state index contributed by atoms with van der Waals surface area (Å²) in [6, 6.07) is 5.06. The van der Waals surface area contributed by atoms with Crippen LogP contribution >= 0.6 is 0 Å². The lowest BCUT2D eigenvalue weighted by Gasteiger charge is -2.35. The van der Waals surface area contributed by atoms with E-state index in [0.29, 0.717) is 12.6 Å². The largest absolute Gasteiger partial charge is 0.395 e. The molecule has 0 bridgehead atoms. The van der Waals surface area contributed by atoms with Crippen molar-refractivity contribution in [3.63, 3.8) is 0 Å². The highest BCUT2D eigenvalue weighted by molar-refractivity contribution is 5.46. The topological polar surface area (TPSA) is 48.4 Å². The lowest BCUT2D eigenvalue weighted by Crippen LogP contribution is -2.39. The molecule has 0 radical (unpaired) electrons. The molecule has 2 N–H and O–H groups in total. The van der Waals surface area contributed by atoms with Gasteiger partial charge in [0.05, 0.1) is 24.2 Å². The van der Waals surface area contributed by atoms with Gasteiger partial charge in [-0.3, -0.25) is 4.98 Å². The van der Waals surface area contributed by atoms with Crippen LogP contribution in [0.25, 0.3) is 0 Å². The van der Waals surface area contributed by atoms with E-state index >= 15 is 0 Å². The molecule has 0 saturated heterocycles. The van der Waals surface area contributed by atoms with Gasteiger partial charge in [-0.25, -0.2) is 0 Å². The van der Waals surface area contributed by atoms with Crippen LogP contribution in [0.1, 0.15) is 50.8 Å². The Morgan fingerprint density at radius 3 is 2.65 bits per heavy atom. The number of aromatic nitrogens is 1. The standard InChI is InChI=1S/C16H27N3O/c1-13(17-2)16-9-8-15(12-18-16)19(10-11-20)14-6-4-3-5-7-14/h8-9,12-14,17,20H,3-7,10-11H2,1-2H3. The number of rotatable bonds is 6. The molecule has 4 heteroatoms. The predicted octanol–water partition coefficient (Wildman–Crippen LogP) is 2.49. The predicted molar refractivity (Wildman–Crippen MR) is 83.0 cm³/mol. The smallest absolute Gasteiger partial charge is 0.0606 e. The fourth-order valence-electron chi connectivity index (χ4n) is 2.99. The molecule has 1 aromatic rings. The zero-order valence-electron chi connectivity index (χ0n) is 12.7. The Labute approximate surface area is 122 Å². The van der Waals surface area contributed by atoms with Crippen molar-refractivity contribution in [2.45, 2.75) is 51.1 Å². The van der Waals surface area contributed by atoms with Crippen LogP contribution in [0.4, 0.5) is 5.69 Å². The first-order valence-corrected chi connectivity index (χ1v) is 7.77. The number of pyridine rings is 1. The van der Waals surface area contributed by atoms with Gasteiger partial charge in [-0.1, -0.05) is 19.3 Å². The van der Waals surface area contributed by atoms with Gasteiger partial charge in [-0.05, 0) is 38.9 Å². The number of nitrogens with one attached hydrogen (secondary N) is 1. The quantitative estimate of drug-likeness (QED) is 0.839. The normalized spacial score (nSPS) is 17.9. The van der Waals surface area contributed by atoms with Gasteiger partial charge in [0, 0.05) is 18.6 Å². The van der Waals surface area contributed by atoms with E-state index in [2.05, 4.69) is 34.3 Å². The summed E-state index contributed by atoms with van der Waals surface area (Å²) in [5, 5.41) is 12.5. The minimum absolute atomic E-state index is 0.200. The van der Waals surface area contributed by atoms with Crippen LogP contribution in [0.15, 0.2) is 18.3 Å².